The lowest BCUT2D eigenvalue weighted by molar-refractivity contribution is 0.602. The zero-order chi connectivity index (χ0) is 14.8. The summed E-state index contributed by atoms with van der Waals surface area (Å²) < 4.78 is 27.8. The van der Waals surface area contributed by atoms with E-state index in [9.17, 15) is 8.42 Å². The topological polar surface area (TPSA) is 64.0 Å². The Kier molecular flexibility index (Phi) is 4.35. The van der Waals surface area contributed by atoms with Crippen LogP contribution in [0.4, 0.5) is 5.82 Å². The molecule has 1 aromatic heterocycles. The quantitative estimate of drug-likeness (QED) is 0.862. The molecule has 5 nitrogen and oxygen atoms in total. The highest BCUT2D eigenvalue weighted by molar-refractivity contribution is 7.92. The van der Waals surface area contributed by atoms with Crippen LogP contribution in [0, 0.1) is 13.8 Å². The van der Waals surface area contributed by atoms with Crippen molar-refractivity contribution in [2.45, 2.75) is 13.8 Å². The summed E-state index contributed by atoms with van der Waals surface area (Å²) in [7, 11) is -3.46. The standard InChI is InChI=1S/C13H16ClN3O2S/c1-10-5-3-4-6-12(10)17-13(9-11(2)15-17)16-20(18,19)8-7-14/h3-6,9,16H,7-8H2,1-2H3. The van der Waals surface area contributed by atoms with Crippen molar-refractivity contribution in [2.75, 3.05) is 16.4 Å². The van der Waals surface area contributed by atoms with Crippen LogP contribution < -0.4 is 4.72 Å². The molecule has 1 heterocycles. The molecule has 0 aliphatic rings. The van der Waals surface area contributed by atoms with E-state index in [0.29, 0.717) is 5.82 Å². The van der Waals surface area contributed by atoms with Gasteiger partial charge in [-0.25, -0.2) is 13.1 Å². The second-order valence-electron chi connectivity index (χ2n) is 4.48. The molecule has 0 saturated heterocycles. The summed E-state index contributed by atoms with van der Waals surface area (Å²) in [6.45, 7) is 3.76. The molecule has 2 aromatic rings. The van der Waals surface area contributed by atoms with Crippen molar-refractivity contribution in [1.82, 2.24) is 9.78 Å². The summed E-state index contributed by atoms with van der Waals surface area (Å²) in [5, 5.41) is 4.34. The van der Waals surface area contributed by atoms with Crippen molar-refractivity contribution in [3.63, 3.8) is 0 Å². The molecule has 0 fully saturated rings. The van der Waals surface area contributed by atoms with Crippen molar-refractivity contribution in [3.8, 4) is 5.69 Å². The normalized spacial score (nSPS) is 11.6. The highest BCUT2D eigenvalue weighted by Crippen LogP contribution is 2.20. The van der Waals surface area contributed by atoms with Gasteiger partial charge in [-0.3, -0.25) is 4.72 Å². The number of hydrogen-bond donors (Lipinski definition) is 1. The van der Waals surface area contributed by atoms with Crippen LogP contribution in [0.2, 0.25) is 0 Å². The first-order valence-electron chi connectivity index (χ1n) is 6.12. The molecule has 1 aromatic carbocycles. The molecular weight excluding hydrogens is 298 g/mol. The van der Waals surface area contributed by atoms with Gasteiger partial charge in [-0.1, -0.05) is 18.2 Å². The van der Waals surface area contributed by atoms with Gasteiger partial charge < -0.3 is 0 Å². The molecule has 0 amide bonds. The predicted molar refractivity (Wildman–Crippen MR) is 81.2 cm³/mol. The predicted octanol–water partition coefficient (Wildman–Crippen LogP) is 2.47. The SMILES string of the molecule is Cc1cc(NS(=O)(=O)CCCl)n(-c2ccccc2C)n1. The number of anilines is 1. The zero-order valence-electron chi connectivity index (χ0n) is 11.3. The lowest BCUT2D eigenvalue weighted by Gasteiger charge is -2.11. The Bertz CT molecular complexity index is 710. The van der Waals surface area contributed by atoms with E-state index in [4.69, 9.17) is 11.6 Å². The van der Waals surface area contributed by atoms with Gasteiger partial charge in [0.2, 0.25) is 10.0 Å². The Morgan fingerprint density at radius 1 is 1.30 bits per heavy atom. The van der Waals surface area contributed by atoms with Gasteiger partial charge in [0.1, 0.15) is 5.82 Å². The van der Waals surface area contributed by atoms with Gasteiger partial charge in [0.05, 0.1) is 17.1 Å². The Hall–Kier alpha value is -1.53. The second kappa shape index (κ2) is 5.85. The highest BCUT2D eigenvalue weighted by Gasteiger charge is 2.15. The van der Waals surface area contributed by atoms with E-state index in [1.807, 2.05) is 38.1 Å². The molecule has 20 heavy (non-hydrogen) atoms. The van der Waals surface area contributed by atoms with Gasteiger partial charge in [-0.05, 0) is 25.5 Å². The number of nitrogens with one attached hydrogen (secondary N) is 1. The lowest BCUT2D eigenvalue weighted by Crippen LogP contribution is -2.19. The average molecular weight is 314 g/mol. The molecule has 0 atom stereocenters. The van der Waals surface area contributed by atoms with Crippen LogP contribution in [0.1, 0.15) is 11.3 Å². The minimum atomic E-state index is -3.46. The fourth-order valence-electron chi connectivity index (χ4n) is 1.87. The Balaban J connectivity index is 2.44. The van der Waals surface area contributed by atoms with Crippen molar-refractivity contribution in [3.05, 3.63) is 41.6 Å². The van der Waals surface area contributed by atoms with Gasteiger partial charge in [0, 0.05) is 11.9 Å². The summed E-state index contributed by atoms with van der Waals surface area (Å²) in [6, 6.07) is 9.34. The van der Waals surface area contributed by atoms with Crippen LogP contribution in [0.15, 0.2) is 30.3 Å². The van der Waals surface area contributed by atoms with Crippen molar-refractivity contribution in [2.24, 2.45) is 0 Å². The third-order valence-corrected chi connectivity index (χ3v) is 4.46. The maximum absolute atomic E-state index is 11.8. The molecule has 0 spiro atoms. The van der Waals surface area contributed by atoms with Gasteiger partial charge >= 0.3 is 0 Å². The van der Waals surface area contributed by atoms with Crippen molar-refractivity contribution >= 4 is 27.4 Å². The number of hydrogen-bond acceptors (Lipinski definition) is 3. The molecule has 1 N–H and O–H groups in total. The summed E-state index contributed by atoms with van der Waals surface area (Å²) in [5.74, 6) is 0.334. The fraction of sp³-hybridized carbons (Fsp3) is 0.308. The first-order chi connectivity index (χ1) is 9.43. The largest absolute Gasteiger partial charge is 0.267 e. The first-order valence-corrected chi connectivity index (χ1v) is 8.31. The minimum absolute atomic E-state index is 0.0484. The minimum Gasteiger partial charge on any atom is -0.267 e. The van der Waals surface area contributed by atoms with E-state index in [2.05, 4.69) is 9.82 Å². The Morgan fingerprint density at radius 2 is 2.00 bits per heavy atom. The van der Waals surface area contributed by atoms with Gasteiger partial charge in [-0.2, -0.15) is 5.10 Å². The first kappa shape index (κ1) is 14.9. The van der Waals surface area contributed by atoms with Gasteiger partial charge in [0.25, 0.3) is 0 Å². The molecule has 0 aliphatic heterocycles. The van der Waals surface area contributed by atoms with Crippen LogP contribution in [0.5, 0.6) is 0 Å². The maximum Gasteiger partial charge on any atom is 0.235 e. The Labute approximate surface area is 123 Å². The molecule has 0 saturated carbocycles. The van der Waals surface area contributed by atoms with Crippen LogP contribution in [0.25, 0.3) is 5.69 Å². The number of nitrogens with zero attached hydrogens (tertiary/aromatic N) is 2. The number of rotatable bonds is 5. The van der Waals surface area contributed by atoms with Crippen molar-refractivity contribution in [1.29, 1.82) is 0 Å². The highest BCUT2D eigenvalue weighted by atomic mass is 35.5. The Morgan fingerprint density at radius 3 is 2.65 bits per heavy atom. The molecule has 0 radical (unpaired) electrons. The third kappa shape index (κ3) is 3.32. The molecule has 7 heteroatoms. The maximum atomic E-state index is 11.8. The van der Waals surface area contributed by atoms with Crippen LogP contribution >= 0.6 is 11.6 Å². The molecule has 0 bridgehead atoms. The molecule has 2 rings (SSSR count). The van der Waals surface area contributed by atoms with E-state index in [0.717, 1.165) is 16.9 Å². The number of sulfonamides is 1. The summed E-state index contributed by atoms with van der Waals surface area (Å²) in [5.41, 5.74) is 2.58. The lowest BCUT2D eigenvalue weighted by atomic mass is 10.2. The van der Waals surface area contributed by atoms with E-state index in [-0.39, 0.29) is 11.6 Å². The molecular formula is C13H16ClN3O2S. The van der Waals surface area contributed by atoms with Gasteiger partial charge in [0.15, 0.2) is 0 Å². The van der Waals surface area contributed by atoms with E-state index < -0.39 is 10.0 Å². The smallest absolute Gasteiger partial charge is 0.235 e. The number of para-hydroxylation sites is 1. The monoisotopic (exact) mass is 313 g/mol. The number of alkyl halides is 1. The summed E-state index contributed by atoms with van der Waals surface area (Å²) >= 11 is 5.50. The van der Waals surface area contributed by atoms with Crippen LogP contribution in [0.3, 0.4) is 0 Å². The number of aromatic nitrogens is 2. The number of halogens is 1. The zero-order valence-corrected chi connectivity index (χ0v) is 12.9. The van der Waals surface area contributed by atoms with Crippen molar-refractivity contribution < 1.29 is 8.42 Å². The van der Waals surface area contributed by atoms with E-state index in [1.165, 1.54) is 0 Å². The van der Waals surface area contributed by atoms with Crippen LogP contribution in [-0.4, -0.2) is 29.8 Å². The van der Waals surface area contributed by atoms with Gasteiger partial charge in [-0.15, -0.1) is 11.6 Å². The summed E-state index contributed by atoms with van der Waals surface area (Å²) in [6.07, 6.45) is 0. The third-order valence-electron chi connectivity index (χ3n) is 2.78. The van der Waals surface area contributed by atoms with E-state index in [1.54, 1.807) is 10.7 Å². The molecule has 108 valence electrons. The van der Waals surface area contributed by atoms with E-state index >= 15 is 0 Å². The summed E-state index contributed by atoms with van der Waals surface area (Å²) in [4.78, 5) is 0. The number of aryl methyl sites for hydroxylation is 2. The molecule has 0 unspecified atom stereocenters. The second-order valence-corrected chi connectivity index (χ2v) is 6.70. The average Bonchev–Trinajstić information content (AvgIpc) is 2.69. The fourth-order valence-corrected chi connectivity index (χ4v) is 3.25. The number of benzene rings is 1. The molecule has 0 aliphatic carbocycles. The van der Waals surface area contributed by atoms with Crippen LogP contribution in [-0.2, 0) is 10.0 Å².